The fourth-order valence-electron chi connectivity index (χ4n) is 3.50. The van der Waals surface area contributed by atoms with Crippen LogP contribution in [0.25, 0.3) is 0 Å². The van der Waals surface area contributed by atoms with Crippen LogP contribution in [0.1, 0.15) is 49.7 Å². The van der Waals surface area contributed by atoms with Gasteiger partial charge in [0.05, 0.1) is 16.3 Å². The molecular weight excluding hydrogens is 455 g/mol. The van der Waals surface area contributed by atoms with Crippen molar-refractivity contribution < 1.29 is 9.59 Å². The lowest BCUT2D eigenvalue weighted by Crippen LogP contribution is -2.47. The maximum absolute atomic E-state index is 12.9. The molecule has 1 aliphatic heterocycles. The molecule has 1 atom stereocenters. The lowest BCUT2D eigenvalue weighted by molar-refractivity contribution is -0.118. The fourth-order valence-corrected chi connectivity index (χ4v) is 4.70. The second-order valence-electron chi connectivity index (χ2n) is 8.41. The van der Waals surface area contributed by atoms with Crippen LogP contribution in [-0.4, -0.2) is 40.8 Å². The van der Waals surface area contributed by atoms with Gasteiger partial charge in [-0.05, 0) is 56.0 Å². The first-order valence-electron chi connectivity index (χ1n) is 10.5. The van der Waals surface area contributed by atoms with Crippen LogP contribution in [-0.2, 0) is 11.3 Å². The van der Waals surface area contributed by atoms with E-state index in [9.17, 15) is 9.59 Å². The van der Waals surface area contributed by atoms with E-state index in [-0.39, 0.29) is 22.4 Å². The Morgan fingerprint density at radius 2 is 1.97 bits per heavy atom. The molecule has 0 aliphatic carbocycles. The summed E-state index contributed by atoms with van der Waals surface area (Å²) in [4.78, 5) is 32.5. The second-order valence-corrected chi connectivity index (χ2v) is 10.1. The van der Waals surface area contributed by atoms with E-state index in [1.165, 1.54) is 30.2 Å². The highest BCUT2D eigenvalue weighted by atomic mass is 35.5. The van der Waals surface area contributed by atoms with Crippen molar-refractivity contribution in [2.45, 2.75) is 46.2 Å². The van der Waals surface area contributed by atoms with E-state index in [2.05, 4.69) is 27.4 Å². The van der Waals surface area contributed by atoms with Gasteiger partial charge in [0.15, 0.2) is 5.13 Å². The highest BCUT2D eigenvalue weighted by molar-refractivity contribution is 7.13. The van der Waals surface area contributed by atoms with Gasteiger partial charge in [-0.1, -0.05) is 44.0 Å². The Bertz CT molecular complexity index is 926. The van der Waals surface area contributed by atoms with E-state index in [4.69, 9.17) is 23.2 Å². The van der Waals surface area contributed by atoms with Crippen molar-refractivity contribution in [3.63, 3.8) is 0 Å². The van der Waals surface area contributed by atoms with Gasteiger partial charge in [-0.3, -0.25) is 14.5 Å². The highest BCUT2D eigenvalue weighted by Crippen LogP contribution is 2.23. The number of thiazole rings is 1. The molecule has 2 aromatic rings. The van der Waals surface area contributed by atoms with E-state index < -0.39 is 11.9 Å². The molecule has 0 bridgehead atoms. The first-order chi connectivity index (χ1) is 14.7. The van der Waals surface area contributed by atoms with Gasteiger partial charge in [-0.25, -0.2) is 4.98 Å². The maximum Gasteiger partial charge on any atom is 0.253 e. The lowest BCUT2D eigenvalue weighted by atomic mass is 9.99. The summed E-state index contributed by atoms with van der Waals surface area (Å²) in [6.45, 7) is 8.98. The fraction of sp³-hybridized carbons (Fsp3) is 0.500. The Morgan fingerprint density at radius 1 is 1.26 bits per heavy atom. The molecule has 168 valence electrons. The zero-order chi connectivity index (χ0) is 22.5. The number of nitrogens with zero attached hydrogens (tertiary/aromatic N) is 2. The first-order valence-corrected chi connectivity index (χ1v) is 12.1. The van der Waals surface area contributed by atoms with Crippen molar-refractivity contribution >= 4 is 51.5 Å². The number of aromatic nitrogens is 1. The SMILES string of the molecule is CC1CCN(Cc2csc(NC(=O)C(NC(=O)c3ccc(Cl)cc3Cl)C(C)C)n2)CC1. The number of rotatable bonds is 7. The van der Waals surface area contributed by atoms with E-state index in [0.717, 1.165) is 31.2 Å². The minimum absolute atomic E-state index is 0.121. The van der Waals surface area contributed by atoms with E-state index in [1.54, 1.807) is 12.1 Å². The van der Waals surface area contributed by atoms with Crippen LogP contribution in [0.4, 0.5) is 5.13 Å². The molecule has 1 aliphatic rings. The predicted octanol–water partition coefficient (Wildman–Crippen LogP) is 5.07. The number of hydrogen-bond donors (Lipinski definition) is 2. The van der Waals surface area contributed by atoms with E-state index >= 15 is 0 Å². The Balaban J connectivity index is 1.60. The van der Waals surface area contributed by atoms with Crippen molar-refractivity contribution in [2.75, 3.05) is 18.4 Å². The average molecular weight is 483 g/mol. The molecule has 2 N–H and O–H groups in total. The maximum atomic E-state index is 12.9. The summed E-state index contributed by atoms with van der Waals surface area (Å²) in [5.74, 6) is -0.0620. The molecule has 1 fully saturated rings. The predicted molar refractivity (Wildman–Crippen MR) is 127 cm³/mol. The summed E-state index contributed by atoms with van der Waals surface area (Å²) in [6.07, 6.45) is 2.42. The topological polar surface area (TPSA) is 74.3 Å². The van der Waals surface area contributed by atoms with Crippen LogP contribution in [0.2, 0.25) is 10.0 Å². The normalized spacial score (nSPS) is 16.3. The van der Waals surface area contributed by atoms with Crippen molar-refractivity contribution in [1.29, 1.82) is 0 Å². The summed E-state index contributed by atoms with van der Waals surface area (Å²) < 4.78 is 0. The summed E-state index contributed by atoms with van der Waals surface area (Å²) in [5, 5.41) is 8.83. The third-order valence-electron chi connectivity index (χ3n) is 5.46. The second kappa shape index (κ2) is 10.8. The van der Waals surface area contributed by atoms with Crippen molar-refractivity contribution in [3.8, 4) is 0 Å². The van der Waals surface area contributed by atoms with Crippen molar-refractivity contribution in [2.24, 2.45) is 11.8 Å². The Morgan fingerprint density at radius 3 is 2.61 bits per heavy atom. The number of hydrogen-bond acceptors (Lipinski definition) is 5. The molecule has 31 heavy (non-hydrogen) atoms. The van der Waals surface area contributed by atoms with Gasteiger partial charge in [-0.15, -0.1) is 11.3 Å². The van der Waals surface area contributed by atoms with Crippen LogP contribution in [0.5, 0.6) is 0 Å². The Labute approximate surface area is 197 Å². The zero-order valence-electron chi connectivity index (χ0n) is 18.0. The standard InChI is InChI=1S/C22H28Cl2N4O2S/c1-13(2)19(26-20(29)17-5-4-15(23)10-18(17)24)21(30)27-22-25-16(12-31-22)11-28-8-6-14(3)7-9-28/h4-5,10,12-14,19H,6-9,11H2,1-3H3,(H,26,29)(H,25,27,30). The number of benzene rings is 1. The Kier molecular flexibility index (Phi) is 8.33. The summed E-state index contributed by atoms with van der Waals surface area (Å²) in [7, 11) is 0. The minimum Gasteiger partial charge on any atom is -0.340 e. The van der Waals surface area contributed by atoms with Crippen molar-refractivity contribution in [3.05, 3.63) is 44.9 Å². The third kappa shape index (κ3) is 6.65. The highest BCUT2D eigenvalue weighted by Gasteiger charge is 2.26. The molecule has 3 rings (SSSR count). The number of anilines is 1. The summed E-state index contributed by atoms with van der Waals surface area (Å²) >= 11 is 13.4. The van der Waals surface area contributed by atoms with Crippen LogP contribution < -0.4 is 10.6 Å². The van der Waals surface area contributed by atoms with Crippen LogP contribution >= 0.6 is 34.5 Å². The van der Waals surface area contributed by atoms with Crippen LogP contribution in [0.3, 0.4) is 0 Å². The minimum atomic E-state index is -0.727. The monoisotopic (exact) mass is 482 g/mol. The number of piperidine rings is 1. The van der Waals surface area contributed by atoms with Gasteiger partial charge in [0.1, 0.15) is 6.04 Å². The van der Waals surface area contributed by atoms with Gasteiger partial charge in [0.25, 0.3) is 5.91 Å². The summed E-state index contributed by atoms with van der Waals surface area (Å²) in [5.41, 5.74) is 1.23. The average Bonchev–Trinajstić information content (AvgIpc) is 3.14. The smallest absolute Gasteiger partial charge is 0.253 e. The van der Waals surface area contributed by atoms with Gasteiger partial charge in [0, 0.05) is 16.9 Å². The molecule has 6 nitrogen and oxygen atoms in total. The lowest BCUT2D eigenvalue weighted by Gasteiger charge is -2.29. The quantitative estimate of drug-likeness (QED) is 0.577. The molecule has 1 saturated heterocycles. The number of carbonyl (C=O) groups excluding carboxylic acids is 2. The van der Waals surface area contributed by atoms with E-state index in [1.807, 2.05) is 19.2 Å². The van der Waals surface area contributed by atoms with Gasteiger partial charge >= 0.3 is 0 Å². The van der Waals surface area contributed by atoms with E-state index in [0.29, 0.717) is 10.2 Å². The van der Waals surface area contributed by atoms with Crippen LogP contribution in [0, 0.1) is 11.8 Å². The number of halogens is 2. The largest absolute Gasteiger partial charge is 0.340 e. The summed E-state index contributed by atoms with van der Waals surface area (Å²) in [6, 6.07) is 3.91. The molecule has 0 radical (unpaired) electrons. The zero-order valence-corrected chi connectivity index (χ0v) is 20.3. The molecule has 0 spiro atoms. The van der Waals surface area contributed by atoms with Gasteiger partial charge in [-0.2, -0.15) is 0 Å². The Hall–Kier alpha value is -1.67. The van der Waals surface area contributed by atoms with Crippen molar-refractivity contribution in [1.82, 2.24) is 15.2 Å². The molecular formula is C22H28Cl2N4O2S. The van der Waals surface area contributed by atoms with Gasteiger partial charge in [0.2, 0.25) is 5.91 Å². The molecule has 1 unspecified atom stereocenters. The molecule has 2 heterocycles. The number of likely N-dealkylation sites (tertiary alicyclic amines) is 1. The molecule has 9 heteroatoms. The molecule has 1 aromatic carbocycles. The molecule has 0 saturated carbocycles. The number of nitrogens with one attached hydrogen (secondary N) is 2. The van der Waals surface area contributed by atoms with Crippen LogP contribution in [0.15, 0.2) is 23.6 Å². The molecule has 1 aromatic heterocycles. The third-order valence-corrected chi connectivity index (χ3v) is 6.81. The van der Waals surface area contributed by atoms with Gasteiger partial charge < -0.3 is 10.6 Å². The number of amides is 2. The number of carbonyl (C=O) groups is 2. The molecule has 2 amide bonds. The first kappa shape index (κ1) is 24.0.